The Labute approximate surface area is 194 Å². The van der Waals surface area contributed by atoms with Crippen molar-refractivity contribution < 1.29 is 19.1 Å². The van der Waals surface area contributed by atoms with Crippen LogP contribution in [0.2, 0.25) is 0 Å². The third-order valence-electron chi connectivity index (χ3n) is 5.23. The van der Waals surface area contributed by atoms with E-state index < -0.39 is 5.97 Å². The van der Waals surface area contributed by atoms with Crippen LogP contribution >= 0.6 is 0 Å². The number of carboxylic acid groups (broad SMARTS) is 1. The average molecular weight is 462 g/mol. The van der Waals surface area contributed by atoms with Crippen molar-refractivity contribution in [3.8, 4) is 33.6 Å². The van der Waals surface area contributed by atoms with Crippen molar-refractivity contribution in [3.63, 3.8) is 0 Å². The number of aryl methyl sites for hydroxylation is 1. The second-order valence-electron chi connectivity index (χ2n) is 7.75. The summed E-state index contributed by atoms with van der Waals surface area (Å²) < 4.78 is 16.3. The lowest BCUT2D eigenvalue weighted by Crippen LogP contribution is -2.27. The second-order valence-corrected chi connectivity index (χ2v) is 7.75. The van der Waals surface area contributed by atoms with Crippen molar-refractivity contribution in [2.24, 2.45) is 0 Å². The molecule has 10 heteroatoms. The molecule has 1 amide bonds. The van der Waals surface area contributed by atoms with Gasteiger partial charge in [0.05, 0.1) is 36.7 Å². The highest BCUT2D eigenvalue weighted by atomic mass is 19.1. The summed E-state index contributed by atoms with van der Waals surface area (Å²) in [5.41, 5.74) is 4.93. The lowest BCUT2D eigenvalue weighted by atomic mass is 9.99. The topological polar surface area (TPSA) is 126 Å². The summed E-state index contributed by atoms with van der Waals surface area (Å²) in [6.45, 7) is 2.56. The van der Waals surface area contributed by atoms with Crippen molar-refractivity contribution in [2.45, 2.75) is 26.3 Å². The number of halogens is 1. The number of carboxylic acids is 1. The fourth-order valence-electron chi connectivity index (χ4n) is 3.54. The monoisotopic (exact) mass is 462 g/mol. The number of rotatable bonds is 9. The molecule has 0 spiro atoms. The zero-order chi connectivity index (χ0) is 24.1. The molecule has 0 saturated heterocycles. The van der Waals surface area contributed by atoms with E-state index in [1.807, 2.05) is 25.1 Å². The predicted molar refractivity (Wildman–Crippen MR) is 123 cm³/mol. The van der Waals surface area contributed by atoms with Crippen LogP contribution in [-0.4, -0.2) is 48.5 Å². The van der Waals surface area contributed by atoms with Crippen LogP contribution in [0.3, 0.4) is 0 Å². The van der Waals surface area contributed by atoms with Crippen molar-refractivity contribution in [1.82, 2.24) is 30.3 Å². The second kappa shape index (κ2) is 10.1. The van der Waals surface area contributed by atoms with Gasteiger partial charge < -0.3 is 10.4 Å². The molecule has 0 radical (unpaired) electrons. The number of carbonyl (C=O) groups is 2. The summed E-state index contributed by atoms with van der Waals surface area (Å²) in [6.07, 6.45) is 4.65. The van der Waals surface area contributed by atoms with E-state index in [2.05, 4.69) is 25.6 Å². The number of nitrogens with zero attached hydrogens (tertiary/aromatic N) is 4. The highest BCUT2D eigenvalue weighted by molar-refractivity contribution is 5.82. The van der Waals surface area contributed by atoms with Gasteiger partial charge in [0.15, 0.2) is 0 Å². The number of hydrogen-bond donors (Lipinski definition) is 3. The molecule has 3 heterocycles. The largest absolute Gasteiger partial charge is 0.481 e. The van der Waals surface area contributed by atoms with Crippen LogP contribution in [0, 0.1) is 12.7 Å². The van der Waals surface area contributed by atoms with Crippen LogP contribution in [0.5, 0.6) is 0 Å². The Balaban J connectivity index is 1.50. The number of amides is 1. The van der Waals surface area contributed by atoms with E-state index in [0.29, 0.717) is 17.7 Å². The quantitative estimate of drug-likeness (QED) is 0.350. The number of H-pyrrole nitrogens is 1. The third-order valence-corrected chi connectivity index (χ3v) is 5.23. The van der Waals surface area contributed by atoms with E-state index in [-0.39, 0.29) is 31.1 Å². The Hall–Kier alpha value is -4.34. The Kier molecular flexibility index (Phi) is 6.77. The molecule has 1 aromatic carbocycles. The fourth-order valence-corrected chi connectivity index (χ4v) is 3.54. The highest BCUT2D eigenvalue weighted by Crippen LogP contribution is 2.33. The van der Waals surface area contributed by atoms with Crippen molar-refractivity contribution in [2.75, 3.05) is 6.54 Å². The third kappa shape index (κ3) is 5.34. The number of aromatic nitrogens is 5. The number of hydrogen-bond acceptors (Lipinski definition) is 5. The van der Waals surface area contributed by atoms with Gasteiger partial charge in [-0.25, -0.2) is 4.39 Å². The first-order chi connectivity index (χ1) is 16.4. The smallest absolute Gasteiger partial charge is 0.303 e. The Bertz CT molecular complexity index is 1330. The van der Waals surface area contributed by atoms with Gasteiger partial charge in [-0.3, -0.25) is 24.4 Å². The molecule has 34 heavy (non-hydrogen) atoms. The highest BCUT2D eigenvalue weighted by Gasteiger charge is 2.15. The molecular weight excluding hydrogens is 439 g/mol. The van der Waals surface area contributed by atoms with Crippen molar-refractivity contribution in [3.05, 3.63) is 66.5 Å². The Morgan fingerprint density at radius 3 is 2.76 bits per heavy atom. The zero-order valence-corrected chi connectivity index (χ0v) is 18.5. The van der Waals surface area contributed by atoms with E-state index >= 15 is 0 Å². The predicted octanol–water partition coefficient (Wildman–Crippen LogP) is 3.43. The number of aliphatic carboxylic acids is 1. The molecule has 0 atom stereocenters. The van der Waals surface area contributed by atoms with E-state index in [4.69, 9.17) is 5.11 Å². The molecule has 0 unspecified atom stereocenters. The molecule has 174 valence electrons. The molecule has 0 aliphatic rings. The van der Waals surface area contributed by atoms with Crippen LogP contribution in [0.25, 0.3) is 33.6 Å². The van der Waals surface area contributed by atoms with Crippen LogP contribution in [0.15, 0.2) is 55.0 Å². The molecule has 0 aliphatic carbocycles. The Morgan fingerprint density at radius 2 is 1.97 bits per heavy atom. The maximum absolute atomic E-state index is 14.7. The summed E-state index contributed by atoms with van der Waals surface area (Å²) in [4.78, 5) is 26.7. The summed E-state index contributed by atoms with van der Waals surface area (Å²) in [5.74, 6) is -1.75. The minimum absolute atomic E-state index is 0.0776. The molecule has 3 aromatic heterocycles. The summed E-state index contributed by atoms with van der Waals surface area (Å²) in [7, 11) is 0. The average Bonchev–Trinajstić information content (AvgIpc) is 3.48. The number of carbonyl (C=O) groups excluding carboxylic acids is 1. The van der Waals surface area contributed by atoms with Crippen molar-refractivity contribution in [1.29, 1.82) is 0 Å². The van der Waals surface area contributed by atoms with Gasteiger partial charge in [-0.15, -0.1) is 0 Å². The van der Waals surface area contributed by atoms with Gasteiger partial charge >= 0.3 is 5.97 Å². The van der Waals surface area contributed by atoms with E-state index in [1.54, 1.807) is 35.4 Å². The molecule has 0 fully saturated rings. The molecule has 9 nitrogen and oxygen atoms in total. The number of pyridine rings is 1. The SMILES string of the molecule is Cc1cccc(-c2[nH]ncc2-c2ccc(F)c(-c3cnn(CCNC(=O)CCC(=O)O)c3)c2)n1. The molecule has 4 aromatic rings. The first-order valence-corrected chi connectivity index (χ1v) is 10.7. The number of aromatic amines is 1. The number of nitrogens with one attached hydrogen (secondary N) is 2. The fraction of sp³-hybridized carbons (Fsp3) is 0.208. The lowest BCUT2D eigenvalue weighted by Gasteiger charge is -2.07. The first kappa shape index (κ1) is 22.8. The number of benzene rings is 1. The van der Waals surface area contributed by atoms with Gasteiger partial charge in [0.2, 0.25) is 5.91 Å². The first-order valence-electron chi connectivity index (χ1n) is 10.7. The standard InChI is InChI=1S/C24H23FN6O3/c1-15-3-2-4-21(29-15)24-19(13-27-30-24)16-5-6-20(25)18(11-16)17-12-28-31(14-17)10-9-26-22(32)7-8-23(33)34/h2-6,11-14H,7-10H2,1H3,(H,26,32)(H,27,30)(H,33,34). The van der Waals surface area contributed by atoms with Crippen LogP contribution in [-0.2, 0) is 16.1 Å². The van der Waals surface area contributed by atoms with E-state index in [0.717, 1.165) is 28.2 Å². The molecule has 3 N–H and O–H groups in total. The zero-order valence-electron chi connectivity index (χ0n) is 18.5. The normalized spacial score (nSPS) is 10.9. The minimum Gasteiger partial charge on any atom is -0.481 e. The minimum atomic E-state index is -1.02. The molecular formula is C24H23FN6O3. The molecule has 0 aliphatic heterocycles. The van der Waals surface area contributed by atoms with Gasteiger partial charge in [-0.2, -0.15) is 10.2 Å². The van der Waals surface area contributed by atoms with Crippen LogP contribution < -0.4 is 5.32 Å². The molecule has 0 bridgehead atoms. The summed E-state index contributed by atoms with van der Waals surface area (Å²) in [6, 6.07) is 10.6. The van der Waals surface area contributed by atoms with Gasteiger partial charge in [0.1, 0.15) is 5.82 Å². The summed E-state index contributed by atoms with van der Waals surface area (Å²) >= 11 is 0. The van der Waals surface area contributed by atoms with Gasteiger partial charge in [-0.05, 0) is 36.8 Å². The van der Waals surface area contributed by atoms with Gasteiger partial charge in [-0.1, -0.05) is 12.1 Å². The van der Waals surface area contributed by atoms with Crippen LogP contribution in [0.1, 0.15) is 18.5 Å². The lowest BCUT2D eigenvalue weighted by molar-refractivity contribution is -0.138. The van der Waals surface area contributed by atoms with Gasteiger partial charge in [0, 0.05) is 41.5 Å². The molecule has 4 rings (SSSR count). The van der Waals surface area contributed by atoms with E-state index in [1.165, 1.54) is 6.07 Å². The Morgan fingerprint density at radius 1 is 1.12 bits per heavy atom. The maximum Gasteiger partial charge on any atom is 0.303 e. The maximum atomic E-state index is 14.7. The van der Waals surface area contributed by atoms with Crippen molar-refractivity contribution >= 4 is 11.9 Å². The van der Waals surface area contributed by atoms with Gasteiger partial charge in [0.25, 0.3) is 0 Å². The summed E-state index contributed by atoms with van der Waals surface area (Å²) in [5, 5.41) is 22.7. The molecule has 0 saturated carbocycles. The van der Waals surface area contributed by atoms with E-state index in [9.17, 15) is 14.0 Å². The van der Waals surface area contributed by atoms with Crippen LogP contribution in [0.4, 0.5) is 4.39 Å².